The molecule has 2 aromatic rings. The Morgan fingerprint density at radius 3 is 2.62 bits per heavy atom. The van der Waals surface area contributed by atoms with Crippen molar-refractivity contribution in [2.45, 2.75) is 19.5 Å². The molecule has 1 aromatic heterocycles. The lowest BCUT2D eigenvalue weighted by Crippen LogP contribution is -2.19. The third-order valence-corrected chi connectivity index (χ3v) is 5.43. The number of halogens is 2. The highest BCUT2D eigenvalue weighted by atomic mass is 79.9. The molecule has 0 bridgehead atoms. The number of benzene rings is 1. The van der Waals surface area contributed by atoms with Crippen molar-refractivity contribution >= 4 is 50.6 Å². The number of carbonyl (C=O) groups is 1. The predicted molar refractivity (Wildman–Crippen MR) is 91.9 cm³/mol. The average Bonchev–Trinajstić information content (AvgIpc) is 2.75. The summed E-state index contributed by atoms with van der Waals surface area (Å²) < 4.78 is 1.70. The topological polar surface area (TPSA) is 67.2 Å². The van der Waals surface area contributed by atoms with Crippen LogP contribution >= 0.6 is 38.9 Å². The van der Waals surface area contributed by atoms with Gasteiger partial charge in [-0.2, -0.15) is 0 Å². The number of carbonyl (C=O) groups excluding carboxylic acids is 1. The van der Waals surface area contributed by atoms with Gasteiger partial charge < -0.3 is 16.4 Å². The molecule has 0 aliphatic rings. The molecule has 1 atom stereocenters. The molecule has 0 fully saturated rings. The molecule has 0 aliphatic carbocycles. The Morgan fingerprint density at radius 2 is 2.10 bits per heavy atom. The number of hydrogen-bond donors (Lipinski definition) is 3. The lowest BCUT2D eigenvalue weighted by Gasteiger charge is -2.14. The summed E-state index contributed by atoms with van der Waals surface area (Å²) in [6.07, 6.45) is 0. The maximum atomic E-state index is 10.8. The van der Waals surface area contributed by atoms with Crippen LogP contribution in [0, 0.1) is 0 Å². The van der Waals surface area contributed by atoms with Crippen molar-refractivity contribution < 1.29 is 4.79 Å². The number of amides is 2. The summed E-state index contributed by atoms with van der Waals surface area (Å²) >= 11 is 11.0. The Kier molecular flexibility index (Phi) is 5.64. The van der Waals surface area contributed by atoms with E-state index in [0.29, 0.717) is 5.69 Å². The van der Waals surface area contributed by atoms with Gasteiger partial charge in [-0.25, -0.2) is 4.79 Å². The number of anilines is 1. The largest absolute Gasteiger partial charge is 0.351 e. The van der Waals surface area contributed by atoms with E-state index in [0.717, 1.165) is 20.9 Å². The zero-order chi connectivity index (χ0) is 15.4. The molecule has 0 spiro atoms. The molecule has 1 unspecified atom stereocenters. The number of urea groups is 1. The summed E-state index contributed by atoms with van der Waals surface area (Å²) in [5, 5.41) is 5.97. The summed E-state index contributed by atoms with van der Waals surface area (Å²) in [4.78, 5) is 11.9. The molecule has 2 amide bonds. The molecule has 0 aliphatic heterocycles. The van der Waals surface area contributed by atoms with Gasteiger partial charge in [-0.05, 0) is 46.6 Å². The first kappa shape index (κ1) is 16.3. The van der Waals surface area contributed by atoms with Gasteiger partial charge in [0.05, 0.1) is 0 Å². The van der Waals surface area contributed by atoms with Gasteiger partial charge in [0, 0.05) is 27.6 Å². The quantitative estimate of drug-likeness (QED) is 0.705. The fraction of sp³-hybridized carbons (Fsp3) is 0.214. The van der Waals surface area contributed by atoms with Crippen LogP contribution in [0.3, 0.4) is 0 Å². The third kappa shape index (κ3) is 4.71. The van der Waals surface area contributed by atoms with Gasteiger partial charge in [0.2, 0.25) is 0 Å². The predicted octanol–water partition coefficient (Wildman–Crippen LogP) is 4.51. The lowest BCUT2D eigenvalue weighted by molar-refractivity contribution is 0.259. The molecule has 1 aromatic carbocycles. The van der Waals surface area contributed by atoms with Gasteiger partial charge in [-0.1, -0.05) is 23.7 Å². The second kappa shape index (κ2) is 7.26. The third-order valence-electron chi connectivity index (χ3n) is 2.96. The van der Waals surface area contributed by atoms with Gasteiger partial charge in [0.25, 0.3) is 0 Å². The van der Waals surface area contributed by atoms with Crippen molar-refractivity contribution in [2.75, 3.05) is 5.32 Å². The Morgan fingerprint density at radius 1 is 1.43 bits per heavy atom. The highest BCUT2D eigenvalue weighted by Gasteiger charge is 2.08. The van der Waals surface area contributed by atoms with Crippen molar-refractivity contribution in [1.29, 1.82) is 0 Å². The fourth-order valence-electron chi connectivity index (χ4n) is 1.85. The van der Waals surface area contributed by atoms with Crippen LogP contribution in [0.15, 0.2) is 34.8 Å². The minimum atomic E-state index is -0.561. The summed E-state index contributed by atoms with van der Waals surface area (Å²) in [5.74, 6) is 0. The number of thiophene rings is 1. The van der Waals surface area contributed by atoms with E-state index in [2.05, 4.69) is 33.5 Å². The van der Waals surface area contributed by atoms with E-state index in [1.165, 1.54) is 4.88 Å². The Labute approximate surface area is 140 Å². The van der Waals surface area contributed by atoms with Crippen LogP contribution in [0.2, 0.25) is 4.34 Å². The minimum absolute atomic E-state index is 0.187. The molecule has 0 saturated carbocycles. The Bertz CT molecular complexity index is 610. The summed E-state index contributed by atoms with van der Waals surface area (Å²) in [5.41, 5.74) is 6.89. The monoisotopic (exact) mass is 387 g/mol. The number of nitrogens with one attached hydrogen (secondary N) is 2. The van der Waals surface area contributed by atoms with E-state index >= 15 is 0 Å². The second-order valence-electron chi connectivity index (χ2n) is 4.55. The molecule has 2 rings (SSSR count). The summed E-state index contributed by atoms with van der Waals surface area (Å²) in [6, 6.07) is 9.22. The SMILES string of the molecule is CC(NCc1cc(Br)c(Cl)s1)c1ccc(NC(N)=O)cc1. The van der Waals surface area contributed by atoms with E-state index in [1.54, 1.807) is 11.3 Å². The van der Waals surface area contributed by atoms with Gasteiger partial charge >= 0.3 is 6.03 Å². The lowest BCUT2D eigenvalue weighted by atomic mass is 10.1. The number of rotatable bonds is 5. The minimum Gasteiger partial charge on any atom is -0.351 e. The molecule has 7 heteroatoms. The van der Waals surface area contributed by atoms with Gasteiger partial charge in [-0.3, -0.25) is 0 Å². The van der Waals surface area contributed by atoms with Gasteiger partial charge in [0.15, 0.2) is 0 Å². The van der Waals surface area contributed by atoms with Crippen LogP contribution < -0.4 is 16.4 Å². The summed E-state index contributed by atoms with van der Waals surface area (Å²) in [6.45, 7) is 2.83. The zero-order valence-electron chi connectivity index (χ0n) is 11.3. The first-order chi connectivity index (χ1) is 9.95. The zero-order valence-corrected chi connectivity index (χ0v) is 14.5. The average molecular weight is 389 g/mol. The van der Waals surface area contributed by atoms with E-state index in [1.807, 2.05) is 30.3 Å². The Hall–Kier alpha value is -1.08. The molecular formula is C14H15BrClN3OS. The van der Waals surface area contributed by atoms with E-state index in [-0.39, 0.29) is 6.04 Å². The van der Waals surface area contributed by atoms with Crippen LogP contribution in [0.4, 0.5) is 10.5 Å². The van der Waals surface area contributed by atoms with Crippen molar-refractivity contribution in [3.63, 3.8) is 0 Å². The van der Waals surface area contributed by atoms with Crippen LogP contribution in [0.5, 0.6) is 0 Å². The van der Waals surface area contributed by atoms with E-state index in [9.17, 15) is 4.79 Å². The number of hydrogen-bond acceptors (Lipinski definition) is 3. The fourth-order valence-corrected chi connectivity index (χ4v) is 3.59. The van der Waals surface area contributed by atoms with Crippen molar-refractivity contribution in [3.05, 3.63) is 49.6 Å². The van der Waals surface area contributed by atoms with Crippen LogP contribution in [0.25, 0.3) is 0 Å². The normalized spacial score (nSPS) is 12.1. The maximum Gasteiger partial charge on any atom is 0.316 e. The number of nitrogens with two attached hydrogens (primary N) is 1. The van der Waals surface area contributed by atoms with E-state index in [4.69, 9.17) is 17.3 Å². The molecular weight excluding hydrogens is 374 g/mol. The molecule has 21 heavy (non-hydrogen) atoms. The molecule has 1 heterocycles. The second-order valence-corrected chi connectivity index (χ2v) is 7.14. The van der Waals surface area contributed by atoms with Crippen LogP contribution in [-0.2, 0) is 6.54 Å². The first-order valence-corrected chi connectivity index (χ1v) is 8.28. The highest BCUT2D eigenvalue weighted by Crippen LogP contribution is 2.32. The molecule has 112 valence electrons. The molecule has 4 N–H and O–H groups in total. The standard InChI is InChI=1S/C14H15BrClN3OS/c1-8(18-7-11-6-12(15)13(16)21-11)9-2-4-10(5-3-9)19-14(17)20/h2-6,8,18H,7H2,1H3,(H3,17,19,20). The molecule has 0 saturated heterocycles. The Balaban J connectivity index is 1.93. The van der Waals surface area contributed by atoms with Crippen LogP contribution in [0.1, 0.15) is 23.4 Å². The molecule has 0 radical (unpaired) electrons. The van der Waals surface area contributed by atoms with Crippen molar-refractivity contribution in [2.24, 2.45) is 5.73 Å². The highest BCUT2D eigenvalue weighted by molar-refractivity contribution is 9.10. The van der Waals surface area contributed by atoms with Crippen molar-refractivity contribution in [1.82, 2.24) is 5.32 Å². The number of primary amides is 1. The smallest absolute Gasteiger partial charge is 0.316 e. The van der Waals surface area contributed by atoms with Crippen molar-refractivity contribution in [3.8, 4) is 0 Å². The van der Waals surface area contributed by atoms with Gasteiger partial charge in [0.1, 0.15) is 4.34 Å². The first-order valence-electron chi connectivity index (χ1n) is 6.29. The molecule has 4 nitrogen and oxygen atoms in total. The van der Waals surface area contributed by atoms with Crippen LogP contribution in [-0.4, -0.2) is 6.03 Å². The maximum absolute atomic E-state index is 10.8. The van der Waals surface area contributed by atoms with Gasteiger partial charge in [-0.15, -0.1) is 11.3 Å². The summed E-state index contributed by atoms with van der Waals surface area (Å²) in [7, 11) is 0. The van der Waals surface area contributed by atoms with E-state index < -0.39 is 6.03 Å².